The number of nitrogens with zero attached hydrogens (tertiary/aromatic N) is 4. The Balaban J connectivity index is 1.54. The molecule has 33 heavy (non-hydrogen) atoms. The summed E-state index contributed by atoms with van der Waals surface area (Å²) in [6.07, 6.45) is 3.07. The third-order valence-electron chi connectivity index (χ3n) is 4.34. The van der Waals surface area contributed by atoms with E-state index in [2.05, 4.69) is 52.0 Å². The molecule has 0 atom stereocenters. The van der Waals surface area contributed by atoms with Crippen molar-refractivity contribution in [1.82, 2.24) is 15.0 Å². The lowest BCUT2D eigenvalue weighted by Crippen LogP contribution is -2.09. The first kappa shape index (κ1) is 22.1. The molecule has 0 spiro atoms. The Bertz CT molecular complexity index is 1230. The van der Waals surface area contributed by atoms with Crippen LogP contribution >= 0.6 is 15.9 Å². The summed E-state index contributed by atoms with van der Waals surface area (Å²) in [6.45, 7) is 0.396. The van der Waals surface area contributed by atoms with E-state index in [0.29, 0.717) is 24.0 Å². The summed E-state index contributed by atoms with van der Waals surface area (Å²) in [5, 5.41) is 20.3. The van der Waals surface area contributed by atoms with E-state index in [1.54, 1.807) is 37.6 Å². The fourth-order valence-corrected chi connectivity index (χ4v) is 3.11. The number of hydrazone groups is 1. The Morgan fingerprint density at radius 2 is 1.85 bits per heavy atom. The lowest BCUT2D eigenvalue weighted by Gasteiger charge is -2.10. The van der Waals surface area contributed by atoms with Crippen LogP contribution < -0.4 is 20.8 Å². The topological polar surface area (TPSA) is 130 Å². The zero-order valence-corrected chi connectivity index (χ0v) is 19.1. The molecule has 0 amide bonds. The zero-order valence-electron chi connectivity index (χ0n) is 17.5. The molecule has 2 aromatic carbocycles. The standard InChI is InChI=1S/C22H20BrN7O3/c1-32-17-7-5-16(6-8-17)26-21-27-20(24-13-18-3-2-10-33-18)28-22(29-21)30-25-12-14-11-15(23)4-9-19(14)31/h2-12,31H,13H2,1H3,(H3,24,26,27,28,29,30). The summed E-state index contributed by atoms with van der Waals surface area (Å²) < 4.78 is 11.3. The van der Waals surface area contributed by atoms with E-state index in [9.17, 15) is 5.11 Å². The minimum Gasteiger partial charge on any atom is -0.507 e. The Morgan fingerprint density at radius 1 is 1.06 bits per heavy atom. The summed E-state index contributed by atoms with van der Waals surface area (Å²) in [7, 11) is 1.61. The molecule has 0 radical (unpaired) electrons. The molecule has 2 heterocycles. The molecule has 2 aromatic heterocycles. The molecule has 0 bridgehead atoms. The molecule has 0 aliphatic rings. The van der Waals surface area contributed by atoms with E-state index in [0.717, 1.165) is 21.7 Å². The molecule has 0 saturated heterocycles. The number of aromatic nitrogens is 3. The number of hydrogen-bond acceptors (Lipinski definition) is 10. The quantitative estimate of drug-likeness (QED) is 0.186. The van der Waals surface area contributed by atoms with Gasteiger partial charge in [-0.3, -0.25) is 0 Å². The number of aromatic hydroxyl groups is 1. The van der Waals surface area contributed by atoms with Crippen molar-refractivity contribution in [1.29, 1.82) is 0 Å². The van der Waals surface area contributed by atoms with Crippen molar-refractivity contribution in [3.63, 3.8) is 0 Å². The van der Waals surface area contributed by atoms with Crippen molar-refractivity contribution >= 4 is 45.7 Å². The number of hydrogen-bond donors (Lipinski definition) is 4. The minimum absolute atomic E-state index is 0.0991. The first-order chi connectivity index (χ1) is 16.1. The van der Waals surface area contributed by atoms with E-state index in [4.69, 9.17) is 9.15 Å². The maximum absolute atomic E-state index is 9.96. The number of anilines is 4. The summed E-state index contributed by atoms with van der Waals surface area (Å²) in [6, 6.07) is 16.0. The van der Waals surface area contributed by atoms with Gasteiger partial charge in [-0.25, -0.2) is 5.43 Å². The van der Waals surface area contributed by atoms with Gasteiger partial charge in [0.05, 0.1) is 26.1 Å². The summed E-state index contributed by atoms with van der Waals surface area (Å²) in [4.78, 5) is 13.1. The number of furan rings is 1. The second-order valence-corrected chi connectivity index (χ2v) is 7.58. The highest BCUT2D eigenvalue weighted by molar-refractivity contribution is 9.10. The van der Waals surface area contributed by atoms with Gasteiger partial charge in [0.1, 0.15) is 17.3 Å². The van der Waals surface area contributed by atoms with Gasteiger partial charge in [-0.05, 0) is 54.6 Å². The molecule has 10 nitrogen and oxygen atoms in total. The SMILES string of the molecule is COc1ccc(Nc2nc(NCc3ccco3)nc(NN=Cc3cc(Br)ccc3O)n2)cc1. The second-order valence-electron chi connectivity index (χ2n) is 6.67. The Kier molecular flexibility index (Phi) is 7.00. The summed E-state index contributed by atoms with van der Waals surface area (Å²) in [5.41, 5.74) is 4.07. The lowest BCUT2D eigenvalue weighted by molar-refractivity contribution is 0.415. The van der Waals surface area contributed by atoms with Gasteiger partial charge in [0.25, 0.3) is 0 Å². The maximum Gasteiger partial charge on any atom is 0.250 e. The van der Waals surface area contributed by atoms with Gasteiger partial charge >= 0.3 is 0 Å². The van der Waals surface area contributed by atoms with Gasteiger partial charge in [0.2, 0.25) is 17.8 Å². The number of phenolic OH excluding ortho intramolecular Hbond substituents is 1. The summed E-state index contributed by atoms with van der Waals surface area (Å²) >= 11 is 3.37. The molecular weight excluding hydrogens is 490 g/mol. The van der Waals surface area contributed by atoms with E-state index in [-0.39, 0.29) is 11.7 Å². The average Bonchev–Trinajstić information content (AvgIpc) is 3.34. The highest BCUT2D eigenvalue weighted by atomic mass is 79.9. The van der Waals surface area contributed by atoms with Crippen LogP contribution in [0.1, 0.15) is 11.3 Å². The highest BCUT2D eigenvalue weighted by Gasteiger charge is 2.08. The number of phenols is 1. The van der Waals surface area contributed by atoms with Gasteiger partial charge in [-0.2, -0.15) is 20.1 Å². The number of benzene rings is 2. The molecule has 4 aromatic rings. The molecule has 0 unspecified atom stereocenters. The summed E-state index contributed by atoms with van der Waals surface area (Å²) in [5.74, 6) is 2.40. The predicted molar refractivity (Wildman–Crippen MR) is 129 cm³/mol. The van der Waals surface area contributed by atoms with Crippen LogP contribution in [0.4, 0.5) is 23.5 Å². The molecule has 11 heteroatoms. The van der Waals surface area contributed by atoms with Crippen LogP contribution in [0.2, 0.25) is 0 Å². The van der Waals surface area contributed by atoms with Gasteiger partial charge in [-0.15, -0.1) is 0 Å². The number of nitrogens with one attached hydrogen (secondary N) is 3. The normalized spacial score (nSPS) is 10.8. The van der Waals surface area contributed by atoms with Crippen molar-refractivity contribution in [3.8, 4) is 11.5 Å². The van der Waals surface area contributed by atoms with E-state index >= 15 is 0 Å². The van der Waals surface area contributed by atoms with E-state index in [1.165, 1.54) is 6.21 Å². The van der Waals surface area contributed by atoms with Crippen LogP contribution in [0.25, 0.3) is 0 Å². The molecule has 0 saturated carbocycles. The van der Waals surface area contributed by atoms with Crippen LogP contribution in [0, 0.1) is 0 Å². The van der Waals surface area contributed by atoms with Crippen molar-refractivity contribution in [2.45, 2.75) is 6.54 Å². The number of methoxy groups -OCH3 is 1. The van der Waals surface area contributed by atoms with Crippen LogP contribution in [0.3, 0.4) is 0 Å². The first-order valence-electron chi connectivity index (χ1n) is 9.80. The number of halogens is 1. The molecule has 0 aliphatic carbocycles. The second kappa shape index (κ2) is 10.5. The zero-order chi connectivity index (χ0) is 23.0. The highest BCUT2D eigenvalue weighted by Crippen LogP contribution is 2.21. The molecule has 0 aliphatic heterocycles. The third kappa shape index (κ3) is 6.20. The van der Waals surface area contributed by atoms with E-state index in [1.807, 2.05) is 30.3 Å². The first-order valence-corrected chi connectivity index (χ1v) is 10.6. The predicted octanol–water partition coefficient (Wildman–Crippen LogP) is 4.74. The monoisotopic (exact) mass is 509 g/mol. The number of ether oxygens (including phenoxy) is 1. The largest absolute Gasteiger partial charge is 0.507 e. The van der Waals surface area contributed by atoms with Crippen molar-refractivity contribution in [2.75, 3.05) is 23.2 Å². The Labute approximate surface area is 197 Å². The molecule has 4 N–H and O–H groups in total. The van der Waals surface area contributed by atoms with Gasteiger partial charge < -0.3 is 24.9 Å². The van der Waals surface area contributed by atoms with Crippen molar-refractivity contribution in [3.05, 3.63) is 76.7 Å². The molecule has 168 valence electrons. The smallest absolute Gasteiger partial charge is 0.250 e. The number of rotatable bonds is 9. The molecule has 4 rings (SSSR count). The maximum atomic E-state index is 9.96. The Hall–Kier alpha value is -4.12. The molecule has 0 fully saturated rings. The molecular formula is C22H20BrN7O3. The van der Waals surface area contributed by atoms with Crippen LogP contribution in [0.15, 0.2) is 74.9 Å². The van der Waals surface area contributed by atoms with Crippen LogP contribution in [-0.4, -0.2) is 33.4 Å². The Morgan fingerprint density at radius 3 is 2.61 bits per heavy atom. The minimum atomic E-state index is 0.0991. The van der Waals surface area contributed by atoms with E-state index < -0.39 is 0 Å². The van der Waals surface area contributed by atoms with Gasteiger partial charge in [0.15, 0.2) is 0 Å². The average molecular weight is 510 g/mol. The lowest BCUT2D eigenvalue weighted by atomic mass is 10.2. The van der Waals surface area contributed by atoms with Crippen LogP contribution in [0.5, 0.6) is 11.5 Å². The fraction of sp³-hybridized carbons (Fsp3) is 0.0909. The van der Waals surface area contributed by atoms with Crippen molar-refractivity contribution in [2.24, 2.45) is 5.10 Å². The van der Waals surface area contributed by atoms with Crippen LogP contribution in [-0.2, 0) is 6.54 Å². The third-order valence-corrected chi connectivity index (χ3v) is 4.83. The van der Waals surface area contributed by atoms with Crippen molar-refractivity contribution < 1.29 is 14.3 Å². The van der Waals surface area contributed by atoms with Gasteiger partial charge in [0, 0.05) is 15.7 Å². The van der Waals surface area contributed by atoms with Gasteiger partial charge in [-0.1, -0.05) is 15.9 Å². The fourth-order valence-electron chi connectivity index (χ4n) is 2.73.